The van der Waals surface area contributed by atoms with Crippen molar-refractivity contribution in [1.29, 1.82) is 0 Å². The molecule has 2 atom stereocenters. The number of rotatable bonds is 2. The molecule has 0 bridgehead atoms. The molecule has 12 heavy (non-hydrogen) atoms. The van der Waals surface area contributed by atoms with E-state index >= 15 is 0 Å². The van der Waals surface area contributed by atoms with Crippen molar-refractivity contribution in [2.24, 2.45) is 11.8 Å². The van der Waals surface area contributed by atoms with Crippen LogP contribution in [0.1, 0.15) is 20.3 Å². The van der Waals surface area contributed by atoms with Crippen molar-refractivity contribution in [3.8, 4) is 0 Å². The minimum Gasteiger partial charge on any atom is -0.481 e. The number of aliphatic carboxylic acids is 1. The molecule has 0 spiro atoms. The molecule has 0 radical (unpaired) electrons. The van der Waals surface area contributed by atoms with Gasteiger partial charge in [-0.25, -0.2) is 0 Å². The van der Waals surface area contributed by atoms with Crippen molar-refractivity contribution in [1.82, 2.24) is 5.32 Å². The first-order valence-corrected chi connectivity index (χ1v) is 4.09. The Morgan fingerprint density at radius 2 is 2.17 bits per heavy atom. The number of carboxylic acids is 1. The predicted molar refractivity (Wildman–Crippen MR) is 49.6 cm³/mol. The maximum Gasteiger partial charge on any atom is 0.308 e. The number of nitrogens with one attached hydrogen (secondary N) is 1. The standard InChI is InChI=1S/C8H15NO2.ClH/c1-5(2)7-6(8(10)11)3-4-9-7;/h5-7,9H,3-4H2,1-2H3,(H,10,11);1H/t6-,7-;/m0./s1. The van der Waals surface area contributed by atoms with Crippen LogP contribution >= 0.6 is 12.4 Å². The Kier molecular flexibility index (Phi) is 4.57. The van der Waals surface area contributed by atoms with E-state index in [1.54, 1.807) is 0 Å². The van der Waals surface area contributed by atoms with Crippen LogP contribution in [0.15, 0.2) is 0 Å². The lowest BCUT2D eigenvalue weighted by Crippen LogP contribution is -2.35. The fraction of sp³-hybridized carbons (Fsp3) is 0.875. The van der Waals surface area contributed by atoms with Crippen LogP contribution in [0.2, 0.25) is 0 Å². The highest BCUT2D eigenvalue weighted by molar-refractivity contribution is 5.85. The summed E-state index contributed by atoms with van der Waals surface area (Å²) in [5, 5.41) is 12.0. The zero-order valence-electron chi connectivity index (χ0n) is 7.41. The van der Waals surface area contributed by atoms with Crippen LogP contribution in [0, 0.1) is 11.8 Å². The molecule has 0 unspecified atom stereocenters. The smallest absolute Gasteiger partial charge is 0.308 e. The van der Waals surface area contributed by atoms with E-state index in [0.29, 0.717) is 5.92 Å². The molecule has 1 fully saturated rings. The van der Waals surface area contributed by atoms with Gasteiger partial charge < -0.3 is 10.4 Å². The summed E-state index contributed by atoms with van der Waals surface area (Å²) in [5.41, 5.74) is 0. The number of halogens is 1. The van der Waals surface area contributed by atoms with Crippen molar-refractivity contribution in [3.63, 3.8) is 0 Å². The van der Waals surface area contributed by atoms with Gasteiger partial charge >= 0.3 is 5.97 Å². The largest absolute Gasteiger partial charge is 0.481 e. The third kappa shape index (κ3) is 2.35. The molecule has 72 valence electrons. The van der Waals surface area contributed by atoms with Crippen molar-refractivity contribution in [2.45, 2.75) is 26.3 Å². The monoisotopic (exact) mass is 193 g/mol. The van der Waals surface area contributed by atoms with Crippen molar-refractivity contribution < 1.29 is 9.90 Å². The van der Waals surface area contributed by atoms with Gasteiger partial charge in [-0.15, -0.1) is 12.4 Å². The van der Waals surface area contributed by atoms with Gasteiger partial charge in [0.15, 0.2) is 0 Å². The molecule has 0 saturated carbocycles. The first kappa shape index (κ1) is 11.7. The third-order valence-corrected chi connectivity index (χ3v) is 2.30. The normalized spacial score (nSPS) is 28.6. The lowest BCUT2D eigenvalue weighted by atomic mass is 9.92. The Labute approximate surface area is 78.9 Å². The maximum absolute atomic E-state index is 10.7. The molecule has 4 heteroatoms. The summed E-state index contributed by atoms with van der Waals surface area (Å²) >= 11 is 0. The summed E-state index contributed by atoms with van der Waals surface area (Å²) in [7, 11) is 0. The second kappa shape index (κ2) is 4.67. The average Bonchev–Trinajstić information content (AvgIpc) is 2.32. The van der Waals surface area contributed by atoms with Crippen LogP contribution in [0.3, 0.4) is 0 Å². The van der Waals surface area contributed by atoms with Crippen molar-refractivity contribution in [3.05, 3.63) is 0 Å². The van der Waals surface area contributed by atoms with Crippen LogP contribution in [-0.2, 0) is 4.79 Å². The van der Waals surface area contributed by atoms with E-state index in [-0.39, 0.29) is 24.4 Å². The Bertz CT molecular complexity index is 161. The molecule has 1 aliphatic heterocycles. The minimum atomic E-state index is -0.659. The van der Waals surface area contributed by atoms with Gasteiger partial charge in [-0.05, 0) is 18.9 Å². The van der Waals surface area contributed by atoms with Crippen LogP contribution in [0.25, 0.3) is 0 Å². The van der Waals surface area contributed by atoms with E-state index in [9.17, 15) is 4.79 Å². The van der Waals surface area contributed by atoms with Crippen molar-refractivity contribution >= 4 is 18.4 Å². The average molecular weight is 194 g/mol. The summed E-state index contributed by atoms with van der Waals surface area (Å²) < 4.78 is 0. The quantitative estimate of drug-likeness (QED) is 0.691. The lowest BCUT2D eigenvalue weighted by molar-refractivity contribution is -0.142. The Balaban J connectivity index is 0.00000121. The Morgan fingerprint density at radius 3 is 2.50 bits per heavy atom. The molecule has 1 heterocycles. The molecule has 3 nitrogen and oxygen atoms in total. The predicted octanol–water partition coefficient (Wildman–Crippen LogP) is 1.13. The van der Waals surface area contributed by atoms with Gasteiger partial charge in [-0.2, -0.15) is 0 Å². The van der Waals surface area contributed by atoms with Crippen LogP contribution in [-0.4, -0.2) is 23.7 Å². The molecule has 0 aromatic carbocycles. The topological polar surface area (TPSA) is 49.3 Å². The molecule has 1 rings (SSSR count). The first-order valence-electron chi connectivity index (χ1n) is 4.09. The zero-order chi connectivity index (χ0) is 8.43. The minimum absolute atomic E-state index is 0. The fourth-order valence-corrected chi connectivity index (χ4v) is 1.70. The summed E-state index contributed by atoms with van der Waals surface area (Å²) in [4.78, 5) is 10.7. The van der Waals surface area contributed by atoms with E-state index < -0.39 is 5.97 Å². The number of hydrogen-bond donors (Lipinski definition) is 2. The van der Waals surface area contributed by atoms with Gasteiger partial charge in [0.05, 0.1) is 5.92 Å². The first-order chi connectivity index (χ1) is 5.13. The van der Waals surface area contributed by atoms with Gasteiger partial charge in [0.2, 0.25) is 0 Å². The number of carbonyl (C=O) groups is 1. The molecular weight excluding hydrogens is 178 g/mol. The van der Waals surface area contributed by atoms with E-state index in [4.69, 9.17) is 5.11 Å². The van der Waals surface area contributed by atoms with Gasteiger partial charge in [0.25, 0.3) is 0 Å². The van der Waals surface area contributed by atoms with E-state index in [0.717, 1.165) is 13.0 Å². The van der Waals surface area contributed by atoms with Crippen LogP contribution in [0.4, 0.5) is 0 Å². The summed E-state index contributed by atoms with van der Waals surface area (Å²) in [6.45, 7) is 4.96. The van der Waals surface area contributed by atoms with E-state index in [2.05, 4.69) is 19.2 Å². The van der Waals surface area contributed by atoms with Crippen LogP contribution in [0.5, 0.6) is 0 Å². The fourth-order valence-electron chi connectivity index (χ4n) is 1.70. The van der Waals surface area contributed by atoms with E-state index in [1.807, 2.05) is 0 Å². The molecule has 0 aliphatic carbocycles. The second-order valence-corrected chi connectivity index (χ2v) is 3.46. The Morgan fingerprint density at radius 1 is 1.58 bits per heavy atom. The molecule has 0 amide bonds. The van der Waals surface area contributed by atoms with Crippen molar-refractivity contribution in [2.75, 3.05) is 6.54 Å². The lowest BCUT2D eigenvalue weighted by Gasteiger charge is -2.19. The molecule has 1 aliphatic rings. The molecule has 2 N–H and O–H groups in total. The second-order valence-electron chi connectivity index (χ2n) is 3.46. The van der Waals surface area contributed by atoms with Gasteiger partial charge in [-0.1, -0.05) is 13.8 Å². The maximum atomic E-state index is 10.7. The summed E-state index contributed by atoms with van der Waals surface area (Å²) in [5.74, 6) is -0.415. The number of hydrogen-bond acceptors (Lipinski definition) is 2. The highest BCUT2D eigenvalue weighted by atomic mass is 35.5. The van der Waals surface area contributed by atoms with Crippen LogP contribution < -0.4 is 5.32 Å². The molecule has 0 aromatic rings. The van der Waals surface area contributed by atoms with Gasteiger partial charge in [0.1, 0.15) is 0 Å². The molecule has 1 saturated heterocycles. The zero-order valence-corrected chi connectivity index (χ0v) is 8.23. The highest BCUT2D eigenvalue weighted by Gasteiger charge is 2.34. The molecule has 0 aromatic heterocycles. The van der Waals surface area contributed by atoms with Gasteiger partial charge in [0, 0.05) is 6.04 Å². The summed E-state index contributed by atoms with van der Waals surface area (Å²) in [6, 6.07) is 0.174. The van der Waals surface area contributed by atoms with E-state index in [1.165, 1.54) is 0 Å². The molecular formula is C8H16ClNO2. The SMILES string of the molecule is CC(C)[C@@H]1NCC[C@@H]1C(=O)O.Cl. The number of carboxylic acid groups (broad SMARTS) is 1. The third-order valence-electron chi connectivity index (χ3n) is 2.30. The van der Waals surface area contributed by atoms with Gasteiger partial charge in [-0.3, -0.25) is 4.79 Å². The summed E-state index contributed by atoms with van der Waals surface area (Å²) in [6.07, 6.45) is 0.776. The highest BCUT2D eigenvalue weighted by Crippen LogP contribution is 2.21. The Hall–Kier alpha value is -0.280.